The van der Waals surface area contributed by atoms with E-state index in [1.165, 1.54) is 11.1 Å². The molecule has 0 bridgehead atoms. The van der Waals surface area contributed by atoms with E-state index in [2.05, 4.69) is 39.6 Å². The smallest absolute Gasteiger partial charge is 0.0788 e. The Bertz CT molecular complexity index is 557. The van der Waals surface area contributed by atoms with Gasteiger partial charge in [0.25, 0.3) is 0 Å². The van der Waals surface area contributed by atoms with Crippen LogP contribution in [-0.4, -0.2) is 21.6 Å². The van der Waals surface area contributed by atoms with Crippen molar-refractivity contribution in [1.82, 2.24) is 9.88 Å². The standard InChI is InChI=1S/C15H17N3O/c19-17-14-8-13-11-18(7-6-15(13)16-9-14)10-12-4-2-1-3-5-12/h1-5,8-9,17,19H,6-7,10-11H2. The second-order valence-corrected chi connectivity index (χ2v) is 4.89. The van der Waals surface area contributed by atoms with Gasteiger partial charge in [-0.25, -0.2) is 0 Å². The van der Waals surface area contributed by atoms with Gasteiger partial charge >= 0.3 is 0 Å². The molecule has 3 rings (SSSR count). The van der Waals surface area contributed by atoms with Crippen LogP contribution in [-0.2, 0) is 19.5 Å². The Hall–Kier alpha value is -1.91. The van der Waals surface area contributed by atoms with E-state index in [-0.39, 0.29) is 0 Å². The molecular weight excluding hydrogens is 238 g/mol. The largest absolute Gasteiger partial charge is 0.294 e. The molecule has 0 fully saturated rings. The Morgan fingerprint density at radius 1 is 1.26 bits per heavy atom. The summed E-state index contributed by atoms with van der Waals surface area (Å²) in [6.07, 6.45) is 2.64. The lowest BCUT2D eigenvalue weighted by Crippen LogP contribution is -2.30. The van der Waals surface area contributed by atoms with Gasteiger partial charge in [-0.15, -0.1) is 0 Å². The minimum Gasteiger partial charge on any atom is -0.294 e. The maximum Gasteiger partial charge on any atom is 0.0788 e. The van der Waals surface area contributed by atoms with Gasteiger partial charge in [-0.1, -0.05) is 30.3 Å². The third-order valence-electron chi connectivity index (χ3n) is 3.50. The van der Waals surface area contributed by atoms with E-state index < -0.39 is 0 Å². The molecule has 98 valence electrons. The maximum absolute atomic E-state index is 8.94. The highest BCUT2D eigenvalue weighted by Gasteiger charge is 2.17. The molecule has 0 radical (unpaired) electrons. The lowest BCUT2D eigenvalue weighted by Gasteiger charge is -2.28. The fourth-order valence-corrected chi connectivity index (χ4v) is 2.52. The van der Waals surface area contributed by atoms with Crippen molar-refractivity contribution < 1.29 is 5.21 Å². The zero-order valence-electron chi connectivity index (χ0n) is 10.7. The van der Waals surface area contributed by atoms with Crippen molar-refractivity contribution >= 4 is 5.69 Å². The normalized spacial score (nSPS) is 15.0. The van der Waals surface area contributed by atoms with Crippen molar-refractivity contribution in [3.05, 3.63) is 59.4 Å². The summed E-state index contributed by atoms with van der Waals surface area (Å²) in [6.45, 7) is 2.87. The summed E-state index contributed by atoms with van der Waals surface area (Å²) in [6, 6.07) is 12.5. The first-order chi connectivity index (χ1) is 9.35. The van der Waals surface area contributed by atoms with Gasteiger partial charge in [-0.3, -0.25) is 20.6 Å². The van der Waals surface area contributed by atoms with E-state index >= 15 is 0 Å². The molecule has 0 unspecified atom stereocenters. The number of hydrogen-bond donors (Lipinski definition) is 2. The molecule has 1 aromatic carbocycles. The summed E-state index contributed by atoms with van der Waals surface area (Å²) in [7, 11) is 0. The van der Waals surface area contributed by atoms with Gasteiger partial charge in [0.15, 0.2) is 0 Å². The molecule has 1 aliphatic rings. The van der Waals surface area contributed by atoms with Gasteiger partial charge in [0.05, 0.1) is 11.9 Å². The molecule has 0 atom stereocenters. The van der Waals surface area contributed by atoms with E-state index in [1.54, 1.807) is 6.20 Å². The molecule has 0 aliphatic carbocycles. The fraction of sp³-hybridized carbons (Fsp3) is 0.267. The van der Waals surface area contributed by atoms with Gasteiger partial charge in [-0.05, 0) is 17.2 Å². The predicted molar refractivity (Wildman–Crippen MR) is 73.9 cm³/mol. The van der Waals surface area contributed by atoms with Crippen LogP contribution in [0.1, 0.15) is 16.8 Å². The van der Waals surface area contributed by atoms with Gasteiger partial charge in [0.2, 0.25) is 0 Å². The van der Waals surface area contributed by atoms with E-state index in [9.17, 15) is 0 Å². The summed E-state index contributed by atoms with van der Waals surface area (Å²) in [5.74, 6) is 0. The van der Waals surface area contributed by atoms with Gasteiger partial charge in [-0.2, -0.15) is 0 Å². The monoisotopic (exact) mass is 255 g/mol. The Kier molecular flexibility index (Phi) is 3.44. The number of aromatic nitrogens is 1. The average molecular weight is 255 g/mol. The minimum atomic E-state index is 0.653. The first kappa shape index (κ1) is 12.1. The molecule has 0 spiro atoms. The molecular formula is C15H17N3O. The highest BCUT2D eigenvalue weighted by Crippen LogP contribution is 2.21. The number of anilines is 1. The second kappa shape index (κ2) is 5.38. The van der Waals surface area contributed by atoms with E-state index in [0.29, 0.717) is 5.69 Å². The topological polar surface area (TPSA) is 48.4 Å². The summed E-state index contributed by atoms with van der Waals surface area (Å²) in [4.78, 5) is 6.79. The molecule has 0 amide bonds. The van der Waals surface area contributed by atoms with Crippen LogP contribution in [0.25, 0.3) is 0 Å². The van der Waals surface area contributed by atoms with E-state index in [0.717, 1.165) is 31.7 Å². The van der Waals surface area contributed by atoms with Crippen LogP contribution in [0.4, 0.5) is 5.69 Å². The lowest BCUT2D eigenvalue weighted by molar-refractivity contribution is 0.243. The minimum absolute atomic E-state index is 0.653. The van der Waals surface area contributed by atoms with Crippen molar-refractivity contribution in [2.45, 2.75) is 19.5 Å². The van der Waals surface area contributed by atoms with Crippen LogP contribution < -0.4 is 5.48 Å². The van der Waals surface area contributed by atoms with Crippen LogP contribution in [0.2, 0.25) is 0 Å². The van der Waals surface area contributed by atoms with Crippen molar-refractivity contribution in [1.29, 1.82) is 0 Å². The molecule has 1 aliphatic heterocycles. The Morgan fingerprint density at radius 2 is 2.11 bits per heavy atom. The van der Waals surface area contributed by atoms with Crippen LogP contribution >= 0.6 is 0 Å². The van der Waals surface area contributed by atoms with Gasteiger partial charge in [0.1, 0.15) is 0 Å². The van der Waals surface area contributed by atoms with Crippen LogP contribution in [0.3, 0.4) is 0 Å². The molecule has 2 aromatic rings. The Balaban J connectivity index is 1.74. The molecule has 4 heteroatoms. The fourth-order valence-electron chi connectivity index (χ4n) is 2.52. The second-order valence-electron chi connectivity index (χ2n) is 4.89. The molecule has 19 heavy (non-hydrogen) atoms. The van der Waals surface area contributed by atoms with Crippen molar-refractivity contribution in [2.24, 2.45) is 0 Å². The summed E-state index contributed by atoms with van der Waals surface area (Å²) in [5.41, 5.74) is 6.48. The molecule has 2 N–H and O–H groups in total. The van der Waals surface area contributed by atoms with E-state index in [1.807, 2.05) is 12.1 Å². The van der Waals surface area contributed by atoms with Crippen molar-refractivity contribution in [3.8, 4) is 0 Å². The van der Waals surface area contributed by atoms with Crippen LogP contribution in [0.15, 0.2) is 42.6 Å². The van der Waals surface area contributed by atoms with Gasteiger partial charge < -0.3 is 0 Å². The van der Waals surface area contributed by atoms with Crippen LogP contribution in [0, 0.1) is 0 Å². The van der Waals surface area contributed by atoms with E-state index in [4.69, 9.17) is 5.21 Å². The highest BCUT2D eigenvalue weighted by molar-refractivity contribution is 5.43. The third kappa shape index (κ3) is 2.75. The van der Waals surface area contributed by atoms with Crippen molar-refractivity contribution in [3.63, 3.8) is 0 Å². The third-order valence-corrected chi connectivity index (χ3v) is 3.50. The molecule has 0 saturated heterocycles. The summed E-state index contributed by atoms with van der Waals surface area (Å²) in [5, 5.41) is 8.94. The number of rotatable bonds is 3. The Labute approximate surface area is 112 Å². The lowest BCUT2D eigenvalue weighted by atomic mass is 10.0. The van der Waals surface area contributed by atoms with Gasteiger partial charge in [0, 0.05) is 31.7 Å². The maximum atomic E-state index is 8.94. The number of nitrogens with one attached hydrogen (secondary N) is 1. The number of nitrogens with zero attached hydrogens (tertiary/aromatic N) is 2. The first-order valence-electron chi connectivity index (χ1n) is 6.49. The summed E-state index contributed by atoms with van der Waals surface area (Å²) >= 11 is 0. The number of fused-ring (bicyclic) bond motifs is 1. The molecule has 4 nitrogen and oxygen atoms in total. The summed E-state index contributed by atoms with van der Waals surface area (Å²) < 4.78 is 0. The number of pyridine rings is 1. The number of benzene rings is 1. The highest BCUT2D eigenvalue weighted by atomic mass is 16.5. The number of hydrogen-bond acceptors (Lipinski definition) is 4. The average Bonchev–Trinajstić information content (AvgIpc) is 2.47. The molecule has 1 aromatic heterocycles. The first-order valence-corrected chi connectivity index (χ1v) is 6.49. The predicted octanol–water partition coefficient (Wildman–Crippen LogP) is 2.44. The quantitative estimate of drug-likeness (QED) is 0.827. The molecule has 2 heterocycles. The van der Waals surface area contributed by atoms with Crippen molar-refractivity contribution in [2.75, 3.05) is 12.0 Å². The van der Waals surface area contributed by atoms with Crippen LogP contribution in [0.5, 0.6) is 0 Å². The zero-order valence-corrected chi connectivity index (χ0v) is 10.7. The Morgan fingerprint density at radius 3 is 2.89 bits per heavy atom. The molecule has 0 saturated carbocycles. The SMILES string of the molecule is ONc1cnc2c(c1)CN(Cc1ccccc1)CC2. The zero-order chi connectivity index (χ0) is 13.1.